The van der Waals surface area contributed by atoms with E-state index in [1.807, 2.05) is 6.07 Å². The van der Waals surface area contributed by atoms with Gasteiger partial charge in [-0.05, 0) is 36.3 Å². The van der Waals surface area contributed by atoms with Gasteiger partial charge in [-0.1, -0.05) is 24.6 Å². The standard InChI is InChI=1S/C12H15ClOS/c1-2-15-11-4-3-9(7-10(11)13)12(8-14)5-6-12/h3-4,7,14H,2,5-6,8H2,1H3. The van der Waals surface area contributed by atoms with Crippen LogP contribution in [-0.2, 0) is 5.41 Å². The van der Waals surface area contributed by atoms with Crippen LogP contribution >= 0.6 is 23.4 Å². The van der Waals surface area contributed by atoms with E-state index in [2.05, 4.69) is 19.1 Å². The van der Waals surface area contributed by atoms with Crippen molar-refractivity contribution >= 4 is 23.4 Å². The maximum absolute atomic E-state index is 9.33. The Morgan fingerprint density at radius 2 is 2.20 bits per heavy atom. The monoisotopic (exact) mass is 242 g/mol. The molecule has 0 atom stereocenters. The summed E-state index contributed by atoms with van der Waals surface area (Å²) >= 11 is 7.95. The van der Waals surface area contributed by atoms with E-state index in [9.17, 15) is 5.11 Å². The molecule has 82 valence electrons. The average molecular weight is 243 g/mol. The molecule has 1 saturated carbocycles. The zero-order valence-corrected chi connectivity index (χ0v) is 10.4. The van der Waals surface area contributed by atoms with Gasteiger partial charge in [0.05, 0.1) is 11.6 Å². The second-order valence-corrected chi connectivity index (χ2v) is 5.73. The zero-order chi connectivity index (χ0) is 10.9. The molecule has 0 aromatic heterocycles. The molecule has 1 aromatic rings. The number of aliphatic hydroxyl groups excluding tert-OH is 1. The number of benzene rings is 1. The lowest BCUT2D eigenvalue weighted by Crippen LogP contribution is -2.11. The Morgan fingerprint density at radius 1 is 1.47 bits per heavy atom. The van der Waals surface area contributed by atoms with E-state index in [-0.39, 0.29) is 12.0 Å². The quantitative estimate of drug-likeness (QED) is 0.816. The van der Waals surface area contributed by atoms with Crippen molar-refractivity contribution in [3.8, 4) is 0 Å². The zero-order valence-electron chi connectivity index (χ0n) is 8.79. The normalized spacial score (nSPS) is 17.8. The molecular formula is C12H15ClOS. The van der Waals surface area contributed by atoms with Gasteiger partial charge in [0.1, 0.15) is 0 Å². The Hall–Kier alpha value is -0.180. The van der Waals surface area contributed by atoms with E-state index < -0.39 is 0 Å². The molecule has 0 bridgehead atoms. The van der Waals surface area contributed by atoms with Gasteiger partial charge in [-0.2, -0.15) is 0 Å². The molecule has 1 N–H and O–H groups in total. The smallest absolute Gasteiger partial charge is 0.0544 e. The molecule has 0 heterocycles. The molecule has 0 radical (unpaired) electrons. The molecular weight excluding hydrogens is 228 g/mol. The number of hydrogen-bond donors (Lipinski definition) is 1. The van der Waals surface area contributed by atoms with Crippen LogP contribution in [0.3, 0.4) is 0 Å². The summed E-state index contributed by atoms with van der Waals surface area (Å²) in [5.74, 6) is 1.03. The lowest BCUT2D eigenvalue weighted by molar-refractivity contribution is 0.255. The Labute approximate surface area is 99.8 Å². The van der Waals surface area contributed by atoms with E-state index >= 15 is 0 Å². The molecule has 1 fully saturated rings. The summed E-state index contributed by atoms with van der Waals surface area (Å²) in [4.78, 5) is 1.14. The largest absolute Gasteiger partial charge is 0.395 e. The highest BCUT2D eigenvalue weighted by Crippen LogP contribution is 2.48. The predicted molar refractivity (Wildman–Crippen MR) is 65.8 cm³/mol. The third kappa shape index (κ3) is 2.17. The molecule has 2 rings (SSSR count). The molecule has 1 aromatic carbocycles. The van der Waals surface area contributed by atoms with Crippen molar-refractivity contribution < 1.29 is 5.11 Å². The number of rotatable bonds is 4. The first kappa shape index (κ1) is 11.3. The highest BCUT2D eigenvalue weighted by molar-refractivity contribution is 7.99. The van der Waals surface area contributed by atoms with Crippen LogP contribution in [0.2, 0.25) is 5.02 Å². The van der Waals surface area contributed by atoms with E-state index in [0.29, 0.717) is 0 Å². The molecule has 1 aliphatic carbocycles. The van der Waals surface area contributed by atoms with Crippen LogP contribution in [0.15, 0.2) is 23.1 Å². The van der Waals surface area contributed by atoms with Crippen molar-refractivity contribution in [2.24, 2.45) is 0 Å². The lowest BCUT2D eigenvalue weighted by Gasteiger charge is -2.13. The van der Waals surface area contributed by atoms with Gasteiger partial charge in [0.25, 0.3) is 0 Å². The second-order valence-electron chi connectivity index (χ2n) is 4.02. The molecule has 1 aliphatic rings. The van der Waals surface area contributed by atoms with Crippen molar-refractivity contribution in [3.05, 3.63) is 28.8 Å². The number of halogens is 1. The maximum Gasteiger partial charge on any atom is 0.0544 e. The number of hydrogen-bond acceptors (Lipinski definition) is 2. The third-order valence-corrected chi connectivity index (χ3v) is 4.38. The van der Waals surface area contributed by atoms with E-state index in [4.69, 9.17) is 11.6 Å². The van der Waals surface area contributed by atoms with Gasteiger partial charge in [-0.25, -0.2) is 0 Å². The molecule has 3 heteroatoms. The van der Waals surface area contributed by atoms with Gasteiger partial charge in [0.2, 0.25) is 0 Å². The molecule has 15 heavy (non-hydrogen) atoms. The van der Waals surface area contributed by atoms with Crippen LogP contribution in [0.4, 0.5) is 0 Å². The van der Waals surface area contributed by atoms with Gasteiger partial charge in [0, 0.05) is 10.3 Å². The molecule has 1 nitrogen and oxygen atoms in total. The van der Waals surface area contributed by atoms with Gasteiger partial charge in [-0.3, -0.25) is 0 Å². The van der Waals surface area contributed by atoms with Crippen molar-refractivity contribution in [2.45, 2.75) is 30.1 Å². The predicted octanol–water partition coefficient (Wildman–Crippen LogP) is 3.48. The summed E-state index contributed by atoms with van der Waals surface area (Å²) in [7, 11) is 0. The van der Waals surface area contributed by atoms with Crippen LogP contribution in [0, 0.1) is 0 Å². The minimum absolute atomic E-state index is 0.0268. The highest BCUT2D eigenvalue weighted by atomic mass is 35.5. The van der Waals surface area contributed by atoms with E-state index in [1.54, 1.807) is 11.8 Å². The Kier molecular flexibility index (Phi) is 3.29. The third-order valence-electron chi connectivity index (χ3n) is 3.00. The van der Waals surface area contributed by atoms with E-state index in [1.165, 1.54) is 5.56 Å². The SMILES string of the molecule is CCSc1ccc(C2(CO)CC2)cc1Cl. The van der Waals surface area contributed by atoms with Gasteiger partial charge < -0.3 is 5.11 Å². The number of aliphatic hydroxyl groups is 1. The minimum atomic E-state index is 0.0268. The van der Waals surface area contributed by atoms with Crippen molar-refractivity contribution in [1.82, 2.24) is 0 Å². The van der Waals surface area contributed by atoms with E-state index in [0.717, 1.165) is 28.5 Å². The first-order valence-electron chi connectivity index (χ1n) is 5.25. The van der Waals surface area contributed by atoms with Crippen molar-refractivity contribution in [3.63, 3.8) is 0 Å². The van der Waals surface area contributed by atoms with Gasteiger partial charge in [-0.15, -0.1) is 11.8 Å². The topological polar surface area (TPSA) is 20.2 Å². The first-order valence-corrected chi connectivity index (χ1v) is 6.62. The summed E-state index contributed by atoms with van der Waals surface area (Å²) in [5.41, 5.74) is 1.22. The van der Waals surface area contributed by atoms with Crippen LogP contribution < -0.4 is 0 Å². The maximum atomic E-state index is 9.33. The summed E-state index contributed by atoms with van der Waals surface area (Å²) in [6.45, 7) is 2.36. The summed E-state index contributed by atoms with van der Waals surface area (Å²) in [5, 5.41) is 10.1. The van der Waals surface area contributed by atoms with Gasteiger partial charge in [0.15, 0.2) is 0 Å². The summed E-state index contributed by atoms with van der Waals surface area (Å²) in [6.07, 6.45) is 2.17. The Balaban J connectivity index is 2.25. The fourth-order valence-electron chi connectivity index (χ4n) is 1.79. The van der Waals surface area contributed by atoms with Crippen molar-refractivity contribution in [2.75, 3.05) is 12.4 Å². The molecule has 0 amide bonds. The molecule has 0 spiro atoms. The van der Waals surface area contributed by atoms with Crippen LogP contribution in [0.1, 0.15) is 25.3 Å². The summed E-state index contributed by atoms with van der Waals surface area (Å²) < 4.78 is 0. The fourth-order valence-corrected chi connectivity index (χ4v) is 2.81. The first-order chi connectivity index (χ1) is 7.22. The molecule has 0 aliphatic heterocycles. The Bertz CT molecular complexity index is 361. The highest BCUT2D eigenvalue weighted by Gasteiger charge is 2.43. The average Bonchev–Trinajstić information content (AvgIpc) is 3.02. The number of thioether (sulfide) groups is 1. The van der Waals surface area contributed by atoms with Crippen LogP contribution in [0.25, 0.3) is 0 Å². The minimum Gasteiger partial charge on any atom is -0.395 e. The second kappa shape index (κ2) is 4.36. The molecule has 0 saturated heterocycles. The fraction of sp³-hybridized carbons (Fsp3) is 0.500. The van der Waals surface area contributed by atoms with Crippen LogP contribution in [-0.4, -0.2) is 17.5 Å². The lowest BCUT2D eigenvalue weighted by atomic mass is 9.97. The summed E-state index contributed by atoms with van der Waals surface area (Å²) in [6, 6.07) is 6.19. The van der Waals surface area contributed by atoms with Crippen LogP contribution in [0.5, 0.6) is 0 Å². The van der Waals surface area contributed by atoms with Crippen molar-refractivity contribution in [1.29, 1.82) is 0 Å². The molecule has 0 unspecified atom stereocenters. The van der Waals surface area contributed by atoms with Gasteiger partial charge >= 0.3 is 0 Å². The Morgan fingerprint density at radius 3 is 2.67 bits per heavy atom.